The topological polar surface area (TPSA) is 25.0 Å². The molecule has 90 valence electrons. The molecule has 1 aromatic heterocycles. The van der Waals surface area contributed by atoms with E-state index in [0.717, 1.165) is 23.1 Å². The van der Waals surface area contributed by atoms with Gasteiger partial charge in [-0.3, -0.25) is 0 Å². The maximum Gasteiger partial charge on any atom is 0.142 e. The standard InChI is InChI=1S/C15H19NO/c1-10-6-7-11(8-10)13-9-16-15-12(13)4-3-5-14(15)17-2/h3-5,9-11,16H,6-8H2,1-2H3. The van der Waals surface area contributed by atoms with Crippen LogP contribution in [0.4, 0.5) is 0 Å². The number of nitrogens with one attached hydrogen (secondary N) is 1. The Bertz CT molecular complexity index is 529. The predicted molar refractivity (Wildman–Crippen MR) is 70.6 cm³/mol. The zero-order valence-corrected chi connectivity index (χ0v) is 10.5. The van der Waals surface area contributed by atoms with E-state index in [2.05, 4.69) is 30.2 Å². The van der Waals surface area contributed by atoms with Gasteiger partial charge in [-0.15, -0.1) is 0 Å². The van der Waals surface area contributed by atoms with Crippen molar-refractivity contribution in [3.63, 3.8) is 0 Å². The predicted octanol–water partition coefficient (Wildman–Crippen LogP) is 4.08. The fraction of sp³-hybridized carbons (Fsp3) is 0.467. The van der Waals surface area contributed by atoms with E-state index in [4.69, 9.17) is 4.74 Å². The van der Waals surface area contributed by atoms with Crippen LogP contribution in [-0.2, 0) is 0 Å². The Morgan fingerprint density at radius 2 is 2.18 bits per heavy atom. The van der Waals surface area contributed by atoms with Crippen LogP contribution >= 0.6 is 0 Å². The molecule has 2 nitrogen and oxygen atoms in total. The van der Waals surface area contributed by atoms with Gasteiger partial charge in [0.05, 0.1) is 12.6 Å². The van der Waals surface area contributed by atoms with Gasteiger partial charge in [0.2, 0.25) is 0 Å². The molecule has 1 N–H and O–H groups in total. The van der Waals surface area contributed by atoms with Crippen molar-refractivity contribution >= 4 is 10.9 Å². The quantitative estimate of drug-likeness (QED) is 0.824. The van der Waals surface area contributed by atoms with Crippen LogP contribution in [0.2, 0.25) is 0 Å². The van der Waals surface area contributed by atoms with Crippen LogP contribution in [0.15, 0.2) is 24.4 Å². The highest BCUT2D eigenvalue weighted by Gasteiger charge is 2.25. The fourth-order valence-corrected chi connectivity index (χ4v) is 3.15. The van der Waals surface area contributed by atoms with Crippen LogP contribution in [0.3, 0.4) is 0 Å². The van der Waals surface area contributed by atoms with Gasteiger partial charge in [0.25, 0.3) is 0 Å². The molecule has 0 amide bonds. The number of benzene rings is 1. The van der Waals surface area contributed by atoms with Crippen molar-refractivity contribution in [2.24, 2.45) is 5.92 Å². The van der Waals surface area contributed by atoms with Crippen LogP contribution in [0.5, 0.6) is 5.75 Å². The van der Waals surface area contributed by atoms with Crippen LogP contribution in [-0.4, -0.2) is 12.1 Å². The van der Waals surface area contributed by atoms with Crippen molar-refractivity contribution in [3.8, 4) is 5.75 Å². The molecule has 2 heteroatoms. The van der Waals surface area contributed by atoms with Gasteiger partial charge in [0.15, 0.2) is 0 Å². The number of rotatable bonds is 2. The molecular weight excluding hydrogens is 210 g/mol. The molecule has 17 heavy (non-hydrogen) atoms. The molecule has 2 aromatic rings. The SMILES string of the molecule is COc1cccc2c(C3CCC(C)C3)c[nH]c12. The molecule has 0 aliphatic heterocycles. The Labute approximate surface area is 102 Å². The summed E-state index contributed by atoms with van der Waals surface area (Å²) in [5.74, 6) is 2.54. The van der Waals surface area contributed by atoms with Gasteiger partial charge < -0.3 is 9.72 Å². The first-order valence-corrected chi connectivity index (χ1v) is 6.43. The molecule has 1 aliphatic rings. The van der Waals surface area contributed by atoms with Crippen LogP contribution < -0.4 is 4.74 Å². The number of para-hydroxylation sites is 1. The second-order valence-electron chi connectivity index (χ2n) is 5.24. The Kier molecular flexibility index (Phi) is 2.58. The Hall–Kier alpha value is -1.44. The van der Waals surface area contributed by atoms with Crippen LogP contribution in [0, 0.1) is 5.92 Å². The third-order valence-electron chi connectivity index (χ3n) is 4.06. The van der Waals surface area contributed by atoms with E-state index >= 15 is 0 Å². The number of aromatic amines is 1. The van der Waals surface area contributed by atoms with E-state index in [0.29, 0.717) is 0 Å². The van der Waals surface area contributed by atoms with Crippen LogP contribution in [0.1, 0.15) is 37.7 Å². The van der Waals surface area contributed by atoms with Gasteiger partial charge in [0.1, 0.15) is 5.75 Å². The molecule has 1 aromatic carbocycles. The highest BCUT2D eigenvalue weighted by Crippen LogP contribution is 2.41. The van der Waals surface area contributed by atoms with Crippen molar-refractivity contribution in [1.82, 2.24) is 4.98 Å². The Balaban J connectivity index is 2.06. The normalized spacial score (nSPS) is 24.4. The second-order valence-corrected chi connectivity index (χ2v) is 5.24. The third kappa shape index (κ3) is 1.72. The molecule has 1 fully saturated rings. The van der Waals surface area contributed by atoms with E-state index in [1.54, 1.807) is 7.11 Å². The number of methoxy groups -OCH3 is 1. The van der Waals surface area contributed by atoms with Gasteiger partial charge in [-0.2, -0.15) is 0 Å². The van der Waals surface area contributed by atoms with Gasteiger partial charge in [-0.25, -0.2) is 0 Å². The van der Waals surface area contributed by atoms with E-state index in [9.17, 15) is 0 Å². The lowest BCUT2D eigenvalue weighted by Gasteiger charge is -2.08. The summed E-state index contributed by atoms with van der Waals surface area (Å²) >= 11 is 0. The third-order valence-corrected chi connectivity index (χ3v) is 4.06. The summed E-state index contributed by atoms with van der Waals surface area (Å²) in [7, 11) is 1.73. The lowest BCUT2D eigenvalue weighted by molar-refractivity contribution is 0.419. The summed E-state index contributed by atoms with van der Waals surface area (Å²) in [6.45, 7) is 2.36. The summed E-state index contributed by atoms with van der Waals surface area (Å²) in [6, 6.07) is 6.30. The highest BCUT2D eigenvalue weighted by molar-refractivity contribution is 5.88. The monoisotopic (exact) mass is 229 g/mol. The number of ether oxygens (including phenoxy) is 1. The van der Waals surface area contributed by atoms with E-state index in [1.165, 1.54) is 30.2 Å². The molecular formula is C15H19NO. The molecule has 1 heterocycles. The molecule has 0 saturated heterocycles. The van der Waals surface area contributed by atoms with Crippen LogP contribution in [0.25, 0.3) is 10.9 Å². The Morgan fingerprint density at radius 3 is 2.88 bits per heavy atom. The average molecular weight is 229 g/mol. The fourth-order valence-electron chi connectivity index (χ4n) is 3.15. The minimum atomic E-state index is 0.728. The van der Waals surface area contributed by atoms with Gasteiger partial charge in [-0.1, -0.05) is 25.5 Å². The molecule has 0 radical (unpaired) electrons. The first-order chi connectivity index (χ1) is 8.29. The first-order valence-electron chi connectivity index (χ1n) is 6.43. The molecule has 2 unspecified atom stereocenters. The van der Waals surface area contributed by atoms with Crippen molar-refractivity contribution in [3.05, 3.63) is 30.0 Å². The number of H-pyrrole nitrogens is 1. The van der Waals surface area contributed by atoms with Crippen molar-refractivity contribution in [2.45, 2.75) is 32.1 Å². The summed E-state index contributed by atoms with van der Waals surface area (Å²) in [5.41, 5.74) is 2.62. The number of hydrogen-bond acceptors (Lipinski definition) is 1. The van der Waals surface area contributed by atoms with E-state index in [-0.39, 0.29) is 0 Å². The zero-order valence-electron chi connectivity index (χ0n) is 10.5. The number of aromatic nitrogens is 1. The molecule has 0 spiro atoms. The molecule has 0 bridgehead atoms. The number of fused-ring (bicyclic) bond motifs is 1. The van der Waals surface area contributed by atoms with Gasteiger partial charge >= 0.3 is 0 Å². The lowest BCUT2D eigenvalue weighted by Crippen LogP contribution is -1.92. The Morgan fingerprint density at radius 1 is 1.29 bits per heavy atom. The summed E-state index contributed by atoms with van der Waals surface area (Å²) < 4.78 is 5.39. The molecule has 1 aliphatic carbocycles. The summed E-state index contributed by atoms with van der Waals surface area (Å²) in [4.78, 5) is 3.37. The van der Waals surface area contributed by atoms with E-state index in [1.807, 2.05) is 6.07 Å². The second kappa shape index (κ2) is 4.10. The maximum absolute atomic E-state index is 5.39. The number of hydrogen-bond donors (Lipinski definition) is 1. The van der Waals surface area contributed by atoms with Crippen molar-refractivity contribution in [2.75, 3.05) is 7.11 Å². The minimum absolute atomic E-state index is 0.728. The molecule has 1 saturated carbocycles. The van der Waals surface area contributed by atoms with E-state index < -0.39 is 0 Å². The largest absolute Gasteiger partial charge is 0.495 e. The molecule has 2 atom stereocenters. The lowest BCUT2D eigenvalue weighted by atomic mass is 9.96. The maximum atomic E-state index is 5.39. The van der Waals surface area contributed by atoms with Crippen molar-refractivity contribution < 1.29 is 4.74 Å². The first kappa shape index (κ1) is 10.7. The average Bonchev–Trinajstić information content (AvgIpc) is 2.94. The summed E-state index contributed by atoms with van der Waals surface area (Å²) in [6.07, 6.45) is 6.19. The smallest absolute Gasteiger partial charge is 0.142 e. The van der Waals surface area contributed by atoms with Gasteiger partial charge in [0, 0.05) is 11.6 Å². The highest BCUT2D eigenvalue weighted by atomic mass is 16.5. The molecule has 3 rings (SSSR count). The summed E-state index contributed by atoms with van der Waals surface area (Å²) in [5, 5.41) is 1.34. The zero-order chi connectivity index (χ0) is 11.8. The van der Waals surface area contributed by atoms with Crippen molar-refractivity contribution in [1.29, 1.82) is 0 Å². The van der Waals surface area contributed by atoms with Gasteiger partial charge in [-0.05, 0) is 36.3 Å². The minimum Gasteiger partial charge on any atom is -0.495 e.